The summed E-state index contributed by atoms with van der Waals surface area (Å²) in [6, 6.07) is 4.31. The summed E-state index contributed by atoms with van der Waals surface area (Å²) >= 11 is 0. The third-order valence-electron chi connectivity index (χ3n) is 2.70. The summed E-state index contributed by atoms with van der Waals surface area (Å²) in [6.07, 6.45) is 1.47. The monoisotopic (exact) mass is 323 g/mol. The van der Waals surface area contributed by atoms with E-state index in [1.807, 2.05) is 0 Å². The Hall–Kier alpha value is -1.48. The van der Waals surface area contributed by atoms with Gasteiger partial charge >= 0.3 is 5.76 Å². The third-order valence-corrected chi connectivity index (χ3v) is 5.49. The Morgan fingerprint density at radius 1 is 1.20 bits per heavy atom. The minimum absolute atomic E-state index is 0.0932. The van der Waals surface area contributed by atoms with Crippen LogP contribution in [0, 0.1) is 0 Å². The molecule has 1 N–H and O–H groups in total. The van der Waals surface area contributed by atoms with E-state index < -0.39 is 36.4 Å². The first-order valence-electron chi connectivity index (χ1n) is 5.50. The number of hydrogen-bond donors (Lipinski definition) is 1. The zero-order chi connectivity index (χ0) is 15.0. The highest BCUT2D eigenvalue weighted by Gasteiger charge is 2.26. The number of anilines is 1. The standard InChI is InChI=1S/C11H11F2NO4S2/c12-11(13)20(17,18)10-3-1-8(2-4-10)14-9-5-6-19(15,16)7-9/h1-6,9,11,14H,7H2. The van der Waals surface area contributed by atoms with Crippen LogP contribution < -0.4 is 5.32 Å². The zero-order valence-electron chi connectivity index (χ0n) is 10.0. The van der Waals surface area contributed by atoms with E-state index in [1.54, 1.807) is 0 Å². The maximum atomic E-state index is 12.3. The van der Waals surface area contributed by atoms with Gasteiger partial charge in [0.1, 0.15) is 0 Å². The number of benzene rings is 1. The van der Waals surface area contributed by atoms with E-state index in [0.717, 1.165) is 17.5 Å². The Kier molecular flexibility index (Phi) is 3.83. The third kappa shape index (κ3) is 3.15. The second kappa shape index (κ2) is 5.13. The quantitative estimate of drug-likeness (QED) is 0.906. The SMILES string of the molecule is O=S1(=O)C=CC(Nc2ccc(S(=O)(=O)C(F)F)cc2)C1. The lowest BCUT2D eigenvalue weighted by atomic mass is 10.2. The Morgan fingerprint density at radius 2 is 1.80 bits per heavy atom. The molecule has 1 unspecified atom stereocenters. The molecule has 0 fully saturated rings. The molecular weight excluding hydrogens is 312 g/mol. The molecule has 20 heavy (non-hydrogen) atoms. The molecule has 1 aromatic rings. The molecular formula is C11H11F2NO4S2. The van der Waals surface area contributed by atoms with Crippen LogP contribution in [0.3, 0.4) is 0 Å². The van der Waals surface area contributed by atoms with Gasteiger partial charge in [-0.3, -0.25) is 0 Å². The van der Waals surface area contributed by atoms with E-state index in [0.29, 0.717) is 5.69 Å². The number of hydrogen-bond acceptors (Lipinski definition) is 5. The fraction of sp³-hybridized carbons (Fsp3) is 0.273. The van der Waals surface area contributed by atoms with Gasteiger partial charge in [-0.2, -0.15) is 8.78 Å². The predicted molar refractivity (Wildman–Crippen MR) is 70.0 cm³/mol. The molecule has 110 valence electrons. The maximum absolute atomic E-state index is 12.3. The van der Waals surface area contributed by atoms with Crippen LogP contribution in [0.5, 0.6) is 0 Å². The van der Waals surface area contributed by atoms with Crippen LogP contribution in [0.2, 0.25) is 0 Å². The van der Waals surface area contributed by atoms with Crippen molar-refractivity contribution in [1.29, 1.82) is 0 Å². The lowest BCUT2D eigenvalue weighted by molar-refractivity contribution is 0.234. The van der Waals surface area contributed by atoms with Crippen molar-refractivity contribution in [3.8, 4) is 0 Å². The van der Waals surface area contributed by atoms with Crippen LogP contribution in [0.4, 0.5) is 14.5 Å². The number of halogens is 2. The summed E-state index contributed by atoms with van der Waals surface area (Å²) in [5, 5.41) is 3.95. The smallest absolute Gasteiger partial charge is 0.341 e. The molecule has 0 spiro atoms. The normalized spacial score (nSPS) is 21.2. The molecule has 1 atom stereocenters. The highest BCUT2D eigenvalue weighted by Crippen LogP contribution is 2.21. The van der Waals surface area contributed by atoms with Gasteiger partial charge in [-0.15, -0.1) is 0 Å². The molecule has 1 aliphatic heterocycles. The minimum atomic E-state index is -4.61. The fourth-order valence-corrected chi connectivity index (χ4v) is 3.68. The summed E-state index contributed by atoms with van der Waals surface area (Å²) in [6.45, 7) is 0. The molecule has 2 rings (SSSR count). The summed E-state index contributed by atoms with van der Waals surface area (Å²) in [4.78, 5) is -0.479. The van der Waals surface area contributed by atoms with E-state index in [9.17, 15) is 25.6 Å². The van der Waals surface area contributed by atoms with Gasteiger partial charge in [0.05, 0.1) is 16.7 Å². The molecule has 0 saturated carbocycles. The highest BCUT2D eigenvalue weighted by molar-refractivity contribution is 7.94. The van der Waals surface area contributed by atoms with Gasteiger partial charge in [0.2, 0.25) is 9.84 Å². The molecule has 1 aromatic carbocycles. The molecule has 1 heterocycles. The molecule has 9 heteroatoms. The lowest BCUT2D eigenvalue weighted by Gasteiger charge is -2.12. The first-order valence-corrected chi connectivity index (χ1v) is 8.76. The summed E-state index contributed by atoms with van der Waals surface area (Å²) < 4.78 is 69.5. The van der Waals surface area contributed by atoms with Gasteiger partial charge in [-0.25, -0.2) is 16.8 Å². The van der Waals surface area contributed by atoms with Crippen molar-refractivity contribution < 1.29 is 25.6 Å². The maximum Gasteiger partial charge on any atom is 0.341 e. The van der Waals surface area contributed by atoms with Crippen molar-refractivity contribution in [2.75, 3.05) is 11.1 Å². The largest absolute Gasteiger partial charge is 0.378 e. The Labute approximate surface area is 115 Å². The van der Waals surface area contributed by atoms with Gasteiger partial charge in [0.25, 0.3) is 0 Å². The van der Waals surface area contributed by atoms with Crippen LogP contribution in [-0.4, -0.2) is 34.4 Å². The van der Waals surface area contributed by atoms with Crippen LogP contribution in [0.1, 0.15) is 0 Å². The van der Waals surface area contributed by atoms with Crippen LogP contribution in [0.15, 0.2) is 40.6 Å². The van der Waals surface area contributed by atoms with E-state index in [1.165, 1.54) is 18.2 Å². The van der Waals surface area contributed by atoms with Crippen molar-refractivity contribution in [2.24, 2.45) is 0 Å². The van der Waals surface area contributed by atoms with Crippen molar-refractivity contribution in [2.45, 2.75) is 16.7 Å². The second-order valence-electron chi connectivity index (χ2n) is 4.24. The first kappa shape index (κ1) is 14.9. The highest BCUT2D eigenvalue weighted by atomic mass is 32.2. The number of rotatable bonds is 4. The first-order chi connectivity index (χ1) is 9.21. The minimum Gasteiger partial charge on any atom is -0.378 e. The summed E-state index contributed by atoms with van der Waals surface area (Å²) in [5.41, 5.74) is 0.449. The van der Waals surface area contributed by atoms with Crippen molar-refractivity contribution >= 4 is 25.4 Å². The van der Waals surface area contributed by atoms with Gasteiger partial charge in [-0.05, 0) is 24.3 Å². The molecule has 0 aliphatic carbocycles. The van der Waals surface area contributed by atoms with Crippen LogP contribution in [0.25, 0.3) is 0 Å². The van der Waals surface area contributed by atoms with E-state index in [2.05, 4.69) is 5.32 Å². The van der Waals surface area contributed by atoms with Gasteiger partial charge in [-0.1, -0.05) is 6.08 Å². The number of alkyl halides is 2. The predicted octanol–water partition coefficient (Wildman–Crippen LogP) is 1.41. The van der Waals surface area contributed by atoms with Gasteiger partial charge in [0.15, 0.2) is 9.84 Å². The van der Waals surface area contributed by atoms with Gasteiger partial charge < -0.3 is 5.32 Å². The molecule has 0 saturated heterocycles. The average molecular weight is 323 g/mol. The van der Waals surface area contributed by atoms with Crippen LogP contribution in [-0.2, 0) is 19.7 Å². The molecule has 0 aromatic heterocycles. The molecule has 0 amide bonds. The molecule has 0 radical (unpaired) electrons. The molecule has 0 bridgehead atoms. The lowest BCUT2D eigenvalue weighted by Crippen LogP contribution is -2.20. The molecule has 5 nitrogen and oxygen atoms in total. The van der Waals surface area contributed by atoms with E-state index >= 15 is 0 Å². The summed E-state index contributed by atoms with van der Waals surface area (Å²) in [7, 11) is -7.81. The van der Waals surface area contributed by atoms with Crippen molar-refractivity contribution in [3.63, 3.8) is 0 Å². The Morgan fingerprint density at radius 3 is 2.25 bits per heavy atom. The average Bonchev–Trinajstić information content (AvgIpc) is 2.69. The topological polar surface area (TPSA) is 80.3 Å². The van der Waals surface area contributed by atoms with E-state index in [4.69, 9.17) is 0 Å². The van der Waals surface area contributed by atoms with Gasteiger partial charge in [0, 0.05) is 11.1 Å². The zero-order valence-corrected chi connectivity index (χ0v) is 11.7. The number of sulfone groups is 2. The second-order valence-corrected chi connectivity index (χ2v) is 8.09. The van der Waals surface area contributed by atoms with Crippen molar-refractivity contribution in [3.05, 3.63) is 35.7 Å². The van der Waals surface area contributed by atoms with Crippen molar-refractivity contribution in [1.82, 2.24) is 0 Å². The summed E-state index contributed by atoms with van der Waals surface area (Å²) in [5.74, 6) is -3.56. The Balaban J connectivity index is 2.12. The number of nitrogens with one attached hydrogen (secondary N) is 1. The van der Waals surface area contributed by atoms with E-state index in [-0.39, 0.29) is 5.75 Å². The fourth-order valence-electron chi connectivity index (χ4n) is 1.72. The molecule has 1 aliphatic rings. The Bertz CT molecular complexity index is 724. The van der Waals surface area contributed by atoms with Crippen LogP contribution >= 0.6 is 0 Å².